The van der Waals surface area contributed by atoms with Crippen molar-refractivity contribution < 1.29 is 100 Å². The predicted octanol–water partition coefficient (Wildman–Crippen LogP) is -3.85. The molecular weight excluding hydrogens is 598 g/mol. The van der Waals surface area contributed by atoms with Gasteiger partial charge in [-0.05, 0) is 62.8 Å². The van der Waals surface area contributed by atoms with E-state index in [0.717, 1.165) is 36.4 Å². The number of phenols is 1. The van der Waals surface area contributed by atoms with Crippen molar-refractivity contribution in [2.45, 2.75) is 42.6 Å². The molecule has 2 heterocycles. The third kappa shape index (κ3) is 5.05. The minimum Gasteiger partial charge on any atom is -1.00 e. The van der Waals surface area contributed by atoms with Gasteiger partial charge in [0.1, 0.15) is 18.0 Å². The van der Waals surface area contributed by atoms with Crippen molar-refractivity contribution in [1.82, 2.24) is 10.2 Å². The summed E-state index contributed by atoms with van der Waals surface area (Å²) in [7, 11) is 5.68. The molecule has 2 bridgehead atoms. The Balaban J connectivity index is 0.000000224. The van der Waals surface area contributed by atoms with Crippen LogP contribution in [0.15, 0.2) is 48.6 Å². The SMILES string of the molecule is CNCC(O)c1cccc(O)c1.COc1ccc2c3c1O[C@H]1[C@@H](O)C=C[C@H]4[C@@H](C2)N(C)CC[C@@]341.[I-].[K+]. The van der Waals surface area contributed by atoms with E-state index in [-0.39, 0.29) is 92.6 Å². The standard InChI is InChI=1S/C18H21NO3.C9H13NO2.HI.K/c1-19-8-7-18-11-4-5-13(20)17(18)22-16-14(21-2)6-3-10(15(16)18)9-12(11)19;1-10-6-9(12)7-3-2-4-8(11)5-7;;/h3-6,11-13,17,20H,7-9H2,1-2H3;2-5,9-12H,6H2,1H3;1H;/q;;;+1/p-1/t11-,12+,13-,17-,18-;;;/m0.../s1. The first-order valence-electron chi connectivity index (χ1n) is 12.0. The molecule has 2 aliphatic heterocycles. The molecule has 1 unspecified atom stereocenters. The molecular formula is C27H34IKN2O5. The van der Waals surface area contributed by atoms with Crippen molar-refractivity contribution in [1.29, 1.82) is 0 Å². The molecule has 9 heteroatoms. The maximum Gasteiger partial charge on any atom is 1.00 e. The Labute approximate surface area is 272 Å². The zero-order valence-electron chi connectivity index (χ0n) is 21.3. The van der Waals surface area contributed by atoms with Crippen LogP contribution >= 0.6 is 0 Å². The summed E-state index contributed by atoms with van der Waals surface area (Å²) >= 11 is 0. The number of likely N-dealkylation sites (N-methyl/N-ethyl adjacent to an activating group) is 2. The van der Waals surface area contributed by atoms with Gasteiger partial charge in [-0.25, -0.2) is 0 Å². The number of aromatic hydroxyl groups is 1. The summed E-state index contributed by atoms with van der Waals surface area (Å²) in [5.41, 5.74) is 3.33. The third-order valence-corrected chi connectivity index (χ3v) is 8.01. The van der Waals surface area contributed by atoms with E-state index in [4.69, 9.17) is 14.6 Å². The molecule has 1 saturated heterocycles. The van der Waals surface area contributed by atoms with Crippen molar-refractivity contribution in [2.24, 2.45) is 5.92 Å². The summed E-state index contributed by atoms with van der Waals surface area (Å²) in [6, 6.07) is 11.3. The minimum absolute atomic E-state index is 0. The maximum absolute atomic E-state index is 10.6. The van der Waals surface area contributed by atoms with Crippen LogP contribution < -0.4 is 90.2 Å². The number of nitrogens with zero attached hydrogens (tertiary/aromatic N) is 1. The second kappa shape index (κ2) is 12.3. The van der Waals surface area contributed by atoms with E-state index in [1.165, 1.54) is 11.1 Å². The number of hydrogen-bond acceptors (Lipinski definition) is 7. The van der Waals surface area contributed by atoms with Crippen LogP contribution in [-0.2, 0) is 11.8 Å². The van der Waals surface area contributed by atoms with Gasteiger partial charge >= 0.3 is 51.4 Å². The number of rotatable bonds is 4. The van der Waals surface area contributed by atoms with Crippen LogP contribution in [0.25, 0.3) is 0 Å². The first-order chi connectivity index (χ1) is 16.4. The average Bonchev–Trinajstić information content (AvgIpc) is 3.19. The van der Waals surface area contributed by atoms with E-state index in [2.05, 4.69) is 29.4 Å². The van der Waals surface area contributed by atoms with Crippen LogP contribution in [0.1, 0.15) is 29.2 Å². The van der Waals surface area contributed by atoms with E-state index in [0.29, 0.717) is 18.5 Å². The molecule has 2 aromatic rings. The minimum atomic E-state index is -0.554. The van der Waals surface area contributed by atoms with E-state index >= 15 is 0 Å². The number of halogens is 1. The van der Waals surface area contributed by atoms with E-state index in [1.807, 2.05) is 12.1 Å². The molecule has 0 saturated carbocycles. The smallest absolute Gasteiger partial charge is 1.00 e. The maximum atomic E-state index is 10.6. The molecule has 4 aliphatic rings. The molecule has 0 amide bonds. The second-order valence-corrected chi connectivity index (χ2v) is 9.78. The van der Waals surface area contributed by atoms with Crippen molar-refractivity contribution >= 4 is 0 Å². The molecule has 4 N–H and O–H groups in total. The number of aliphatic hydroxyl groups excluding tert-OH is 2. The third-order valence-electron chi connectivity index (χ3n) is 8.01. The Morgan fingerprint density at radius 3 is 2.72 bits per heavy atom. The van der Waals surface area contributed by atoms with E-state index in [1.54, 1.807) is 38.4 Å². The predicted molar refractivity (Wildman–Crippen MR) is 129 cm³/mol. The molecule has 1 spiro atoms. The Bertz CT molecular complexity index is 1100. The summed E-state index contributed by atoms with van der Waals surface area (Å²) < 4.78 is 11.8. The Morgan fingerprint density at radius 2 is 2.03 bits per heavy atom. The molecule has 6 rings (SSSR count). The first-order valence-corrected chi connectivity index (χ1v) is 12.0. The number of likely N-dealkylation sites (tertiary alicyclic amines) is 1. The normalized spacial score (nSPS) is 29.4. The van der Waals surface area contributed by atoms with Gasteiger partial charge in [0.25, 0.3) is 0 Å². The van der Waals surface area contributed by atoms with E-state index in [9.17, 15) is 10.2 Å². The number of aliphatic hydroxyl groups is 2. The van der Waals surface area contributed by atoms with Crippen molar-refractivity contribution in [3.63, 3.8) is 0 Å². The van der Waals surface area contributed by atoms with Gasteiger partial charge < -0.3 is 59.0 Å². The molecule has 190 valence electrons. The van der Waals surface area contributed by atoms with Crippen LogP contribution in [0.4, 0.5) is 0 Å². The van der Waals surface area contributed by atoms with Gasteiger partial charge in [-0.3, -0.25) is 0 Å². The van der Waals surface area contributed by atoms with Gasteiger partial charge in [-0.15, -0.1) is 0 Å². The van der Waals surface area contributed by atoms with Crippen molar-refractivity contribution in [3.05, 3.63) is 65.2 Å². The van der Waals surface area contributed by atoms with Crippen LogP contribution in [-0.4, -0.2) is 72.8 Å². The fraction of sp³-hybridized carbons (Fsp3) is 0.481. The monoisotopic (exact) mass is 632 g/mol. The molecule has 7 nitrogen and oxygen atoms in total. The molecule has 2 aliphatic carbocycles. The molecule has 6 atom stereocenters. The summed E-state index contributed by atoms with van der Waals surface area (Å²) in [5, 5.41) is 32.0. The topological polar surface area (TPSA) is 94.4 Å². The van der Waals surface area contributed by atoms with Gasteiger partial charge in [0, 0.05) is 29.5 Å². The fourth-order valence-corrected chi connectivity index (χ4v) is 6.43. The molecule has 2 aromatic carbocycles. The zero-order chi connectivity index (χ0) is 24.0. The summed E-state index contributed by atoms with van der Waals surface area (Å²) in [5.74, 6) is 2.27. The number of benzene rings is 2. The first kappa shape index (κ1) is 30.3. The largest absolute Gasteiger partial charge is 1.00 e. The second-order valence-electron chi connectivity index (χ2n) is 9.78. The van der Waals surface area contributed by atoms with Crippen LogP contribution in [0.5, 0.6) is 17.2 Å². The summed E-state index contributed by atoms with van der Waals surface area (Å²) in [6.45, 7) is 1.54. The Kier molecular flexibility index (Phi) is 10.4. The van der Waals surface area contributed by atoms with E-state index < -0.39 is 12.2 Å². The number of methoxy groups -OCH3 is 1. The number of ether oxygens (including phenoxy) is 2. The van der Waals surface area contributed by atoms with Gasteiger partial charge in [0.15, 0.2) is 11.5 Å². The Hall–Kier alpha value is -0.214. The van der Waals surface area contributed by atoms with Crippen LogP contribution in [0.3, 0.4) is 0 Å². The van der Waals surface area contributed by atoms with Crippen LogP contribution in [0, 0.1) is 5.92 Å². The van der Waals surface area contributed by atoms with Gasteiger partial charge in [-0.2, -0.15) is 0 Å². The number of piperidine rings is 1. The Morgan fingerprint density at radius 1 is 1.25 bits per heavy atom. The number of hydrogen-bond donors (Lipinski definition) is 4. The molecule has 0 radical (unpaired) electrons. The average molecular weight is 633 g/mol. The number of nitrogens with one attached hydrogen (secondary N) is 1. The quantitative estimate of drug-likeness (QED) is 0.156. The molecule has 36 heavy (non-hydrogen) atoms. The summed E-state index contributed by atoms with van der Waals surface area (Å²) in [6.07, 6.45) is 4.98. The van der Waals surface area contributed by atoms with Crippen LogP contribution in [0.2, 0.25) is 0 Å². The molecule has 1 fully saturated rings. The fourth-order valence-electron chi connectivity index (χ4n) is 6.43. The molecule has 0 aromatic heterocycles. The summed E-state index contributed by atoms with van der Waals surface area (Å²) in [4.78, 5) is 2.47. The van der Waals surface area contributed by atoms with Crippen molar-refractivity contribution in [2.75, 3.05) is 34.3 Å². The van der Waals surface area contributed by atoms with Gasteiger partial charge in [0.05, 0.1) is 13.2 Å². The zero-order valence-corrected chi connectivity index (χ0v) is 26.6. The van der Waals surface area contributed by atoms with Gasteiger partial charge in [-0.1, -0.05) is 30.4 Å². The van der Waals surface area contributed by atoms with Gasteiger partial charge in [0.2, 0.25) is 0 Å². The van der Waals surface area contributed by atoms with Crippen molar-refractivity contribution in [3.8, 4) is 17.2 Å². The number of phenolic OH excluding ortho intramolecular Hbond substituents is 1.